The number of nitrogens with zero attached hydrogens (tertiary/aromatic N) is 6. The first kappa shape index (κ1) is 26.3. The van der Waals surface area contributed by atoms with Crippen LogP contribution in [0.4, 0.5) is 0 Å². The zero-order valence-electron chi connectivity index (χ0n) is 23.0. The van der Waals surface area contributed by atoms with Gasteiger partial charge in [0, 0.05) is 50.3 Å². The molecule has 5 heterocycles. The van der Waals surface area contributed by atoms with Gasteiger partial charge in [0.25, 0.3) is 10.0 Å². The standard InChI is InChI=1S/C31H34N6O3S/c38-41(39,26-9-5-2-6-10-26)36-16-13-27-30-28(21-32-31(27)36)33-29(23-35-17-19-40-20-18-35)37(30)25-11-14-34(15-12-25)22-24-7-3-1-4-8-24/h1-10,13,16,21,25H,11-12,14-15,17-20,22-23H2. The lowest BCUT2D eigenvalue weighted by Gasteiger charge is -2.34. The lowest BCUT2D eigenvalue weighted by molar-refractivity contribution is 0.0322. The van der Waals surface area contributed by atoms with Gasteiger partial charge in [-0.15, -0.1) is 0 Å². The Labute approximate surface area is 240 Å². The second-order valence-corrected chi connectivity index (χ2v) is 12.8. The number of aromatic nitrogens is 4. The predicted molar refractivity (Wildman–Crippen MR) is 158 cm³/mol. The number of rotatable bonds is 7. The molecule has 2 aliphatic heterocycles. The van der Waals surface area contributed by atoms with Crippen LogP contribution in [0.2, 0.25) is 0 Å². The van der Waals surface area contributed by atoms with E-state index in [1.165, 1.54) is 9.54 Å². The zero-order valence-corrected chi connectivity index (χ0v) is 23.8. The molecule has 0 bridgehead atoms. The topological polar surface area (TPSA) is 85.5 Å². The van der Waals surface area contributed by atoms with Gasteiger partial charge < -0.3 is 9.30 Å². The van der Waals surface area contributed by atoms with E-state index in [0.29, 0.717) is 5.65 Å². The van der Waals surface area contributed by atoms with Gasteiger partial charge in [0.15, 0.2) is 5.65 Å². The highest BCUT2D eigenvalue weighted by Crippen LogP contribution is 2.34. The summed E-state index contributed by atoms with van der Waals surface area (Å²) in [7, 11) is -3.79. The van der Waals surface area contributed by atoms with Crippen LogP contribution >= 0.6 is 0 Å². The van der Waals surface area contributed by atoms with Gasteiger partial charge in [-0.05, 0) is 36.6 Å². The third kappa shape index (κ3) is 5.05. The van der Waals surface area contributed by atoms with Crippen LogP contribution in [0.25, 0.3) is 22.1 Å². The second-order valence-electron chi connectivity index (χ2n) is 10.9. The van der Waals surface area contributed by atoms with E-state index in [4.69, 9.17) is 9.72 Å². The maximum atomic E-state index is 13.6. The number of imidazole rings is 1. The Hall–Kier alpha value is -3.57. The van der Waals surface area contributed by atoms with Crippen LogP contribution in [0.1, 0.15) is 30.3 Å². The van der Waals surface area contributed by atoms with Crippen molar-refractivity contribution >= 4 is 32.1 Å². The predicted octanol–water partition coefficient (Wildman–Crippen LogP) is 4.29. The number of piperidine rings is 1. The van der Waals surface area contributed by atoms with Crippen molar-refractivity contribution in [1.29, 1.82) is 0 Å². The normalized spacial score (nSPS) is 18.0. The van der Waals surface area contributed by atoms with Gasteiger partial charge in [0.2, 0.25) is 0 Å². The molecule has 0 unspecified atom stereocenters. The summed E-state index contributed by atoms with van der Waals surface area (Å²) in [4.78, 5) is 14.9. The first-order valence-electron chi connectivity index (χ1n) is 14.3. The lowest BCUT2D eigenvalue weighted by atomic mass is 10.0. The molecule has 41 heavy (non-hydrogen) atoms. The molecule has 9 nitrogen and oxygen atoms in total. The molecule has 2 saturated heterocycles. The summed E-state index contributed by atoms with van der Waals surface area (Å²) >= 11 is 0. The van der Waals surface area contributed by atoms with Gasteiger partial charge in [-0.1, -0.05) is 48.5 Å². The Morgan fingerprint density at radius 3 is 2.24 bits per heavy atom. The van der Waals surface area contributed by atoms with E-state index in [2.05, 4.69) is 49.7 Å². The second kappa shape index (κ2) is 11.0. The molecule has 0 saturated carbocycles. The largest absolute Gasteiger partial charge is 0.379 e. The molecule has 7 rings (SSSR count). The van der Waals surface area contributed by atoms with Gasteiger partial charge in [-0.3, -0.25) is 9.80 Å². The fourth-order valence-corrected chi connectivity index (χ4v) is 7.56. The Kier molecular flexibility index (Phi) is 7.08. The van der Waals surface area contributed by atoms with Crippen molar-refractivity contribution in [3.8, 4) is 0 Å². The molecule has 0 aliphatic carbocycles. The number of morpholine rings is 1. The quantitative estimate of drug-likeness (QED) is 0.289. The highest BCUT2D eigenvalue weighted by Gasteiger charge is 2.28. The van der Waals surface area contributed by atoms with Gasteiger partial charge in [0.05, 0.1) is 36.4 Å². The number of likely N-dealkylation sites (tertiary alicyclic amines) is 1. The maximum absolute atomic E-state index is 13.6. The van der Waals surface area contributed by atoms with Crippen molar-refractivity contribution in [3.63, 3.8) is 0 Å². The summed E-state index contributed by atoms with van der Waals surface area (Å²) in [5, 5.41) is 0.814. The van der Waals surface area contributed by atoms with E-state index in [1.807, 2.05) is 12.1 Å². The number of ether oxygens (including phenoxy) is 1. The van der Waals surface area contributed by atoms with Gasteiger partial charge >= 0.3 is 0 Å². The molecule has 0 atom stereocenters. The molecular weight excluding hydrogens is 536 g/mol. The van der Waals surface area contributed by atoms with Gasteiger partial charge in [-0.25, -0.2) is 22.4 Å². The molecule has 212 valence electrons. The smallest absolute Gasteiger partial charge is 0.269 e. The molecule has 5 aromatic rings. The monoisotopic (exact) mass is 570 g/mol. The van der Waals surface area contributed by atoms with Crippen molar-refractivity contribution in [1.82, 2.24) is 28.3 Å². The number of pyridine rings is 1. The van der Waals surface area contributed by atoms with Crippen LogP contribution in [-0.4, -0.2) is 76.1 Å². The fourth-order valence-electron chi connectivity index (χ4n) is 6.24. The van der Waals surface area contributed by atoms with E-state index in [1.54, 1.807) is 36.7 Å². The number of hydrogen-bond acceptors (Lipinski definition) is 7. The number of hydrogen-bond donors (Lipinski definition) is 0. The molecule has 10 heteroatoms. The average Bonchev–Trinajstić information content (AvgIpc) is 3.61. The molecule has 3 aromatic heterocycles. The lowest BCUT2D eigenvalue weighted by Crippen LogP contribution is -2.38. The Morgan fingerprint density at radius 1 is 0.829 bits per heavy atom. The van der Waals surface area contributed by atoms with E-state index in [-0.39, 0.29) is 10.9 Å². The van der Waals surface area contributed by atoms with E-state index in [0.717, 1.165) is 87.6 Å². The van der Waals surface area contributed by atoms with Gasteiger partial charge in [-0.2, -0.15) is 0 Å². The highest BCUT2D eigenvalue weighted by atomic mass is 32.2. The van der Waals surface area contributed by atoms with Crippen molar-refractivity contribution < 1.29 is 13.2 Å². The molecule has 0 N–H and O–H groups in total. The molecule has 0 radical (unpaired) electrons. The van der Waals surface area contributed by atoms with E-state index >= 15 is 0 Å². The van der Waals surface area contributed by atoms with Crippen LogP contribution in [0.15, 0.2) is 84.0 Å². The molecule has 2 aliphatic rings. The highest BCUT2D eigenvalue weighted by molar-refractivity contribution is 7.90. The zero-order chi connectivity index (χ0) is 27.8. The number of benzene rings is 2. The van der Waals surface area contributed by atoms with E-state index < -0.39 is 10.0 Å². The first-order valence-corrected chi connectivity index (χ1v) is 15.8. The van der Waals surface area contributed by atoms with Crippen molar-refractivity contribution in [2.45, 2.75) is 36.9 Å². The third-order valence-corrected chi connectivity index (χ3v) is 10.0. The molecular formula is C31H34N6O3S. The Balaban J connectivity index is 1.27. The third-order valence-electron chi connectivity index (χ3n) is 8.34. The molecule has 0 spiro atoms. The minimum absolute atomic E-state index is 0.242. The van der Waals surface area contributed by atoms with Crippen LogP contribution in [0.5, 0.6) is 0 Å². The van der Waals surface area contributed by atoms with Crippen LogP contribution in [-0.2, 0) is 27.8 Å². The van der Waals surface area contributed by atoms with Crippen molar-refractivity contribution in [3.05, 3.63) is 90.5 Å². The van der Waals surface area contributed by atoms with Crippen LogP contribution < -0.4 is 0 Å². The summed E-state index contributed by atoms with van der Waals surface area (Å²) in [6, 6.07) is 21.3. The summed E-state index contributed by atoms with van der Waals surface area (Å²) in [6.07, 6.45) is 5.36. The minimum atomic E-state index is -3.79. The SMILES string of the molecule is O=S(=O)(c1ccccc1)n1ccc2c1ncc1nc(CN3CCOCC3)n(C3CCN(Cc4ccccc4)CC3)c12. The summed E-state index contributed by atoms with van der Waals surface area (Å²) in [6.45, 7) is 6.87. The van der Waals surface area contributed by atoms with Crippen LogP contribution in [0, 0.1) is 0 Å². The molecule has 0 amide bonds. The summed E-state index contributed by atoms with van der Waals surface area (Å²) in [5.74, 6) is 1.01. The first-order chi connectivity index (χ1) is 20.1. The molecule has 2 fully saturated rings. The van der Waals surface area contributed by atoms with Crippen LogP contribution in [0.3, 0.4) is 0 Å². The maximum Gasteiger partial charge on any atom is 0.269 e. The average molecular weight is 571 g/mol. The summed E-state index contributed by atoms with van der Waals surface area (Å²) < 4.78 is 36.4. The number of fused-ring (bicyclic) bond motifs is 3. The van der Waals surface area contributed by atoms with Crippen molar-refractivity contribution in [2.75, 3.05) is 39.4 Å². The minimum Gasteiger partial charge on any atom is -0.379 e. The Bertz CT molecular complexity index is 1750. The summed E-state index contributed by atoms with van der Waals surface area (Å²) in [5.41, 5.74) is 3.55. The van der Waals surface area contributed by atoms with Crippen molar-refractivity contribution in [2.24, 2.45) is 0 Å². The van der Waals surface area contributed by atoms with E-state index in [9.17, 15) is 8.42 Å². The fraction of sp³-hybridized carbons (Fsp3) is 0.355. The molecule has 2 aromatic carbocycles. The van der Waals surface area contributed by atoms with Gasteiger partial charge in [0.1, 0.15) is 11.3 Å². The Morgan fingerprint density at radius 2 is 1.51 bits per heavy atom.